The first kappa shape index (κ1) is 17.5. The molecule has 1 N–H and O–H groups in total. The van der Waals surface area contributed by atoms with E-state index in [2.05, 4.69) is 15.1 Å². The van der Waals surface area contributed by atoms with Gasteiger partial charge in [-0.05, 0) is 29.8 Å². The lowest BCUT2D eigenvalue weighted by Gasteiger charge is -2.17. The minimum absolute atomic E-state index is 0.110. The lowest BCUT2D eigenvalue weighted by Crippen LogP contribution is -2.18. The third kappa shape index (κ3) is 4.21. The van der Waals surface area contributed by atoms with Crippen LogP contribution < -0.4 is 9.46 Å². The Morgan fingerprint density at radius 3 is 2.84 bits per heavy atom. The molecule has 0 radical (unpaired) electrons. The Hall–Kier alpha value is -2.32. The summed E-state index contributed by atoms with van der Waals surface area (Å²) < 4.78 is 33.1. The van der Waals surface area contributed by atoms with Crippen LogP contribution in [0.3, 0.4) is 0 Å². The van der Waals surface area contributed by atoms with Crippen molar-refractivity contribution in [3.05, 3.63) is 53.1 Å². The van der Waals surface area contributed by atoms with Gasteiger partial charge in [-0.2, -0.15) is 5.11 Å². The molecule has 0 aliphatic carbocycles. The standard InChI is InChI=1S/C16H17ClN4O3S/c1-24-14-3-2-4-15(10-14)25(22,23)19-16-9-13(17)6-5-12(16)11-21-8-7-18-20-21/h2-6,9-10,19H,7-8,11H2,1H3. The minimum atomic E-state index is -3.78. The molecule has 1 aliphatic heterocycles. The maximum Gasteiger partial charge on any atom is 0.262 e. The predicted molar refractivity (Wildman–Crippen MR) is 95.4 cm³/mol. The smallest absolute Gasteiger partial charge is 0.262 e. The van der Waals surface area contributed by atoms with Crippen molar-refractivity contribution in [3.63, 3.8) is 0 Å². The van der Waals surface area contributed by atoms with Crippen molar-refractivity contribution in [2.45, 2.75) is 11.4 Å². The van der Waals surface area contributed by atoms with Gasteiger partial charge in [0.2, 0.25) is 0 Å². The highest BCUT2D eigenvalue weighted by Crippen LogP contribution is 2.27. The molecule has 0 saturated heterocycles. The fourth-order valence-corrected chi connectivity index (χ4v) is 3.70. The van der Waals surface area contributed by atoms with Gasteiger partial charge in [0, 0.05) is 11.1 Å². The molecule has 0 unspecified atom stereocenters. The number of halogens is 1. The molecule has 0 aromatic heterocycles. The summed E-state index contributed by atoms with van der Waals surface area (Å²) in [6.07, 6.45) is 0. The van der Waals surface area contributed by atoms with Gasteiger partial charge >= 0.3 is 0 Å². The molecule has 0 saturated carbocycles. The van der Waals surface area contributed by atoms with Crippen molar-refractivity contribution in [1.82, 2.24) is 5.01 Å². The normalized spacial score (nSPS) is 13.9. The van der Waals surface area contributed by atoms with E-state index in [-0.39, 0.29) is 4.90 Å². The van der Waals surface area contributed by atoms with Gasteiger partial charge < -0.3 is 4.74 Å². The average Bonchev–Trinajstić information content (AvgIpc) is 3.10. The van der Waals surface area contributed by atoms with E-state index in [4.69, 9.17) is 16.3 Å². The van der Waals surface area contributed by atoms with Gasteiger partial charge in [-0.1, -0.05) is 29.0 Å². The number of benzene rings is 2. The van der Waals surface area contributed by atoms with Gasteiger partial charge in [0.1, 0.15) is 5.75 Å². The van der Waals surface area contributed by atoms with Crippen molar-refractivity contribution in [3.8, 4) is 5.75 Å². The van der Waals surface area contributed by atoms with Crippen LogP contribution in [0, 0.1) is 0 Å². The summed E-state index contributed by atoms with van der Waals surface area (Å²) in [6.45, 7) is 1.78. The van der Waals surface area contributed by atoms with Crippen molar-refractivity contribution in [1.29, 1.82) is 0 Å². The zero-order valence-corrected chi connectivity index (χ0v) is 15.1. The summed E-state index contributed by atoms with van der Waals surface area (Å²) in [5.41, 5.74) is 1.18. The Morgan fingerprint density at radius 2 is 2.12 bits per heavy atom. The second kappa shape index (κ2) is 7.28. The Bertz CT molecular complexity index is 902. The summed E-state index contributed by atoms with van der Waals surface area (Å²) in [7, 11) is -2.30. The first-order valence-corrected chi connectivity index (χ1v) is 9.42. The molecule has 2 aromatic carbocycles. The van der Waals surface area contributed by atoms with Crippen molar-refractivity contribution >= 4 is 27.3 Å². The number of methoxy groups -OCH3 is 1. The first-order valence-electron chi connectivity index (χ1n) is 7.55. The van der Waals surface area contributed by atoms with Crippen LogP contribution in [-0.4, -0.2) is 33.6 Å². The maximum atomic E-state index is 12.7. The second-order valence-electron chi connectivity index (χ2n) is 5.43. The third-order valence-electron chi connectivity index (χ3n) is 3.67. The van der Waals surface area contributed by atoms with E-state index in [1.165, 1.54) is 19.2 Å². The molecule has 0 amide bonds. The number of hydrogen-bond donors (Lipinski definition) is 1. The molecule has 2 aromatic rings. The zero-order chi connectivity index (χ0) is 17.9. The van der Waals surface area contributed by atoms with E-state index in [9.17, 15) is 8.42 Å². The Kier molecular flexibility index (Phi) is 5.10. The quantitative estimate of drug-likeness (QED) is 0.833. The van der Waals surface area contributed by atoms with Gasteiger partial charge in [-0.3, -0.25) is 9.73 Å². The average molecular weight is 381 g/mol. The molecule has 3 rings (SSSR count). The number of rotatable bonds is 6. The number of hydrogen-bond acceptors (Lipinski definition) is 6. The number of anilines is 1. The number of nitrogens with zero attached hydrogens (tertiary/aromatic N) is 3. The van der Waals surface area contributed by atoms with Crippen molar-refractivity contribution in [2.24, 2.45) is 10.3 Å². The van der Waals surface area contributed by atoms with Crippen LogP contribution in [0.1, 0.15) is 5.56 Å². The molecule has 7 nitrogen and oxygen atoms in total. The van der Waals surface area contributed by atoms with Gasteiger partial charge in [0.15, 0.2) is 0 Å². The van der Waals surface area contributed by atoms with Crippen LogP contribution in [0.2, 0.25) is 5.02 Å². The van der Waals surface area contributed by atoms with Gasteiger partial charge in [0.05, 0.1) is 37.3 Å². The Balaban J connectivity index is 1.90. The maximum absolute atomic E-state index is 12.7. The second-order valence-corrected chi connectivity index (χ2v) is 7.55. The lowest BCUT2D eigenvalue weighted by atomic mass is 10.2. The fourth-order valence-electron chi connectivity index (χ4n) is 2.40. The van der Waals surface area contributed by atoms with Gasteiger partial charge in [-0.25, -0.2) is 8.42 Å². The lowest BCUT2D eigenvalue weighted by molar-refractivity contribution is 0.312. The fraction of sp³-hybridized carbons (Fsp3) is 0.250. The molecule has 0 bridgehead atoms. The first-order chi connectivity index (χ1) is 12.0. The molecule has 132 valence electrons. The topological polar surface area (TPSA) is 83.4 Å². The van der Waals surface area contributed by atoms with Crippen molar-refractivity contribution in [2.75, 3.05) is 24.9 Å². The minimum Gasteiger partial charge on any atom is -0.497 e. The molecule has 1 aliphatic rings. The van der Waals surface area contributed by atoms with Crippen LogP contribution in [0.4, 0.5) is 5.69 Å². The number of ether oxygens (including phenoxy) is 1. The largest absolute Gasteiger partial charge is 0.497 e. The zero-order valence-electron chi connectivity index (χ0n) is 13.5. The van der Waals surface area contributed by atoms with Crippen LogP contribution in [0.15, 0.2) is 57.7 Å². The molecular weight excluding hydrogens is 364 g/mol. The van der Waals surface area contributed by atoms with Crippen LogP contribution in [0.5, 0.6) is 5.75 Å². The Labute approximate surface area is 151 Å². The van der Waals surface area contributed by atoms with Crippen LogP contribution in [0.25, 0.3) is 0 Å². The van der Waals surface area contributed by atoms with E-state index in [0.717, 1.165) is 5.56 Å². The summed E-state index contributed by atoms with van der Waals surface area (Å²) >= 11 is 6.05. The summed E-state index contributed by atoms with van der Waals surface area (Å²) in [5, 5.41) is 10.1. The molecule has 0 spiro atoms. The SMILES string of the molecule is COc1cccc(S(=O)(=O)Nc2cc(Cl)ccc2CN2CCN=N2)c1. The molecule has 9 heteroatoms. The predicted octanol–water partition coefficient (Wildman–Crippen LogP) is 3.33. The van der Waals surface area contributed by atoms with Crippen LogP contribution >= 0.6 is 11.6 Å². The number of nitrogens with one attached hydrogen (secondary N) is 1. The van der Waals surface area contributed by atoms with E-state index in [1.807, 2.05) is 0 Å². The Morgan fingerprint density at radius 1 is 1.28 bits per heavy atom. The third-order valence-corrected chi connectivity index (χ3v) is 5.27. The molecule has 1 heterocycles. The van der Waals surface area contributed by atoms with Crippen LogP contribution in [-0.2, 0) is 16.6 Å². The van der Waals surface area contributed by atoms with E-state index in [0.29, 0.717) is 36.1 Å². The highest BCUT2D eigenvalue weighted by atomic mass is 35.5. The molecular formula is C16H17ClN4O3S. The molecule has 0 fully saturated rings. The van der Waals surface area contributed by atoms with E-state index < -0.39 is 10.0 Å². The summed E-state index contributed by atoms with van der Waals surface area (Å²) in [4.78, 5) is 0.110. The van der Waals surface area contributed by atoms with E-state index >= 15 is 0 Å². The van der Waals surface area contributed by atoms with E-state index in [1.54, 1.807) is 35.3 Å². The summed E-state index contributed by atoms with van der Waals surface area (Å²) in [6, 6.07) is 11.3. The summed E-state index contributed by atoms with van der Waals surface area (Å²) in [5.74, 6) is 0.465. The highest BCUT2D eigenvalue weighted by Gasteiger charge is 2.18. The highest BCUT2D eigenvalue weighted by molar-refractivity contribution is 7.92. The monoisotopic (exact) mass is 380 g/mol. The van der Waals surface area contributed by atoms with Gasteiger partial charge in [-0.15, -0.1) is 0 Å². The van der Waals surface area contributed by atoms with Crippen molar-refractivity contribution < 1.29 is 13.2 Å². The molecule has 0 atom stereocenters. The number of sulfonamides is 1. The molecule has 25 heavy (non-hydrogen) atoms. The van der Waals surface area contributed by atoms with Gasteiger partial charge in [0.25, 0.3) is 10.0 Å².